The molecule has 0 saturated heterocycles. The quantitative estimate of drug-likeness (QED) is 0.613. The van der Waals surface area contributed by atoms with E-state index in [1.165, 1.54) is 5.69 Å². The summed E-state index contributed by atoms with van der Waals surface area (Å²) in [5, 5.41) is 0. The molecule has 1 aliphatic heterocycles. The zero-order valence-corrected chi connectivity index (χ0v) is 7.80. The van der Waals surface area contributed by atoms with Crippen molar-refractivity contribution in [3.8, 4) is 5.75 Å². The maximum atomic E-state index is 5.45. The SMILES string of the molecule is CN1CCOc2ccccc21.Cl. The summed E-state index contributed by atoms with van der Waals surface area (Å²) in [4.78, 5) is 2.21. The lowest BCUT2D eigenvalue weighted by atomic mass is 10.2. The van der Waals surface area contributed by atoms with Gasteiger partial charge in [0.15, 0.2) is 0 Å². The minimum absolute atomic E-state index is 0. The van der Waals surface area contributed by atoms with Crippen LogP contribution in [0.4, 0.5) is 5.69 Å². The third-order valence-corrected chi connectivity index (χ3v) is 1.96. The number of rotatable bonds is 0. The normalized spacial score (nSPS) is 14.2. The van der Waals surface area contributed by atoms with Crippen LogP contribution in [0.3, 0.4) is 0 Å². The zero-order chi connectivity index (χ0) is 7.68. The number of ether oxygens (including phenoxy) is 1. The number of nitrogens with zero attached hydrogens (tertiary/aromatic N) is 1. The van der Waals surface area contributed by atoms with E-state index in [0.29, 0.717) is 0 Å². The number of hydrogen-bond donors (Lipinski definition) is 0. The summed E-state index contributed by atoms with van der Waals surface area (Å²) in [6.45, 7) is 1.78. The Morgan fingerprint density at radius 3 is 2.83 bits per heavy atom. The van der Waals surface area contributed by atoms with Crippen molar-refractivity contribution in [1.82, 2.24) is 0 Å². The molecule has 0 spiro atoms. The highest BCUT2D eigenvalue weighted by molar-refractivity contribution is 5.85. The summed E-state index contributed by atoms with van der Waals surface area (Å²) < 4.78 is 5.45. The molecule has 0 atom stereocenters. The Labute approximate surface area is 78.5 Å². The minimum atomic E-state index is 0. The molecule has 0 aromatic heterocycles. The summed E-state index contributed by atoms with van der Waals surface area (Å²) in [6, 6.07) is 8.11. The van der Waals surface area contributed by atoms with Gasteiger partial charge in [-0.05, 0) is 12.1 Å². The molecular formula is C9H12ClNO. The third kappa shape index (κ3) is 1.48. The number of hydrogen-bond acceptors (Lipinski definition) is 2. The molecule has 2 rings (SSSR count). The van der Waals surface area contributed by atoms with Crippen molar-refractivity contribution in [3.05, 3.63) is 24.3 Å². The Hall–Kier alpha value is -0.890. The van der Waals surface area contributed by atoms with E-state index in [-0.39, 0.29) is 12.4 Å². The summed E-state index contributed by atoms with van der Waals surface area (Å²) in [5.74, 6) is 1.00. The maximum absolute atomic E-state index is 5.45. The van der Waals surface area contributed by atoms with Gasteiger partial charge in [0.1, 0.15) is 12.4 Å². The van der Waals surface area contributed by atoms with E-state index in [9.17, 15) is 0 Å². The van der Waals surface area contributed by atoms with Gasteiger partial charge >= 0.3 is 0 Å². The summed E-state index contributed by atoms with van der Waals surface area (Å²) in [6.07, 6.45) is 0. The van der Waals surface area contributed by atoms with E-state index >= 15 is 0 Å². The van der Waals surface area contributed by atoms with Crippen LogP contribution in [-0.4, -0.2) is 20.2 Å². The van der Waals surface area contributed by atoms with Crippen LogP contribution in [0.5, 0.6) is 5.75 Å². The van der Waals surface area contributed by atoms with E-state index in [0.717, 1.165) is 18.9 Å². The average Bonchev–Trinajstić information content (AvgIpc) is 2.06. The highest BCUT2D eigenvalue weighted by Gasteiger charge is 2.12. The van der Waals surface area contributed by atoms with E-state index in [2.05, 4.69) is 18.0 Å². The molecule has 12 heavy (non-hydrogen) atoms. The fourth-order valence-electron chi connectivity index (χ4n) is 1.31. The molecule has 0 saturated carbocycles. The van der Waals surface area contributed by atoms with E-state index < -0.39 is 0 Å². The van der Waals surface area contributed by atoms with Gasteiger partial charge < -0.3 is 9.64 Å². The second-order valence-corrected chi connectivity index (χ2v) is 2.74. The first-order valence-electron chi connectivity index (χ1n) is 3.81. The topological polar surface area (TPSA) is 12.5 Å². The third-order valence-electron chi connectivity index (χ3n) is 1.96. The molecule has 0 bridgehead atoms. The molecule has 0 aliphatic carbocycles. The lowest BCUT2D eigenvalue weighted by Gasteiger charge is -2.27. The van der Waals surface area contributed by atoms with Gasteiger partial charge in [-0.3, -0.25) is 0 Å². The van der Waals surface area contributed by atoms with Crippen LogP contribution in [0.1, 0.15) is 0 Å². The van der Waals surface area contributed by atoms with Gasteiger partial charge in [-0.15, -0.1) is 12.4 Å². The van der Waals surface area contributed by atoms with Crippen LogP contribution in [-0.2, 0) is 0 Å². The van der Waals surface area contributed by atoms with Gasteiger partial charge in [0.25, 0.3) is 0 Å². The Kier molecular flexibility index (Phi) is 2.82. The number of benzene rings is 1. The molecule has 0 unspecified atom stereocenters. The average molecular weight is 186 g/mol. The number of anilines is 1. The summed E-state index contributed by atoms with van der Waals surface area (Å²) >= 11 is 0. The molecule has 1 aliphatic rings. The van der Waals surface area contributed by atoms with E-state index in [1.807, 2.05) is 18.2 Å². The number of para-hydroxylation sites is 2. The second kappa shape index (κ2) is 3.68. The molecule has 0 amide bonds. The number of fused-ring (bicyclic) bond motifs is 1. The Balaban J connectivity index is 0.000000720. The van der Waals surface area contributed by atoms with Gasteiger partial charge in [0.2, 0.25) is 0 Å². The molecule has 0 radical (unpaired) electrons. The Bertz CT molecular complexity index is 264. The van der Waals surface area contributed by atoms with Crippen LogP contribution < -0.4 is 9.64 Å². The molecule has 66 valence electrons. The van der Waals surface area contributed by atoms with Crippen molar-refractivity contribution >= 4 is 18.1 Å². The molecule has 1 heterocycles. The van der Waals surface area contributed by atoms with Gasteiger partial charge in [0, 0.05) is 7.05 Å². The first-order valence-corrected chi connectivity index (χ1v) is 3.81. The fraction of sp³-hybridized carbons (Fsp3) is 0.333. The zero-order valence-electron chi connectivity index (χ0n) is 6.99. The highest BCUT2D eigenvalue weighted by Crippen LogP contribution is 2.29. The predicted molar refractivity (Wildman–Crippen MR) is 52.5 cm³/mol. The molecule has 3 heteroatoms. The Morgan fingerprint density at radius 2 is 2.08 bits per heavy atom. The van der Waals surface area contributed by atoms with Gasteiger partial charge in [-0.1, -0.05) is 12.1 Å². The van der Waals surface area contributed by atoms with Crippen molar-refractivity contribution in [3.63, 3.8) is 0 Å². The van der Waals surface area contributed by atoms with E-state index in [4.69, 9.17) is 4.74 Å². The van der Waals surface area contributed by atoms with Crippen molar-refractivity contribution in [2.75, 3.05) is 25.1 Å². The van der Waals surface area contributed by atoms with Crippen LogP contribution in [0.15, 0.2) is 24.3 Å². The van der Waals surface area contributed by atoms with Crippen molar-refractivity contribution in [2.45, 2.75) is 0 Å². The van der Waals surface area contributed by atoms with Crippen LogP contribution in [0.25, 0.3) is 0 Å². The summed E-state index contributed by atoms with van der Waals surface area (Å²) in [5.41, 5.74) is 1.19. The molecule has 2 nitrogen and oxygen atoms in total. The lowest BCUT2D eigenvalue weighted by Crippen LogP contribution is -2.28. The second-order valence-electron chi connectivity index (χ2n) is 2.74. The highest BCUT2D eigenvalue weighted by atomic mass is 35.5. The van der Waals surface area contributed by atoms with E-state index in [1.54, 1.807) is 0 Å². The molecule has 0 fully saturated rings. The smallest absolute Gasteiger partial charge is 0.142 e. The predicted octanol–water partition coefficient (Wildman–Crippen LogP) is 1.94. The van der Waals surface area contributed by atoms with Gasteiger partial charge in [-0.2, -0.15) is 0 Å². The Morgan fingerprint density at radius 1 is 1.33 bits per heavy atom. The molecule has 1 aromatic rings. The minimum Gasteiger partial charge on any atom is -0.490 e. The monoisotopic (exact) mass is 185 g/mol. The number of likely N-dealkylation sites (N-methyl/N-ethyl adjacent to an activating group) is 1. The maximum Gasteiger partial charge on any atom is 0.142 e. The van der Waals surface area contributed by atoms with Crippen LogP contribution >= 0.6 is 12.4 Å². The number of halogens is 1. The van der Waals surface area contributed by atoms with Crippen molar-refractivity contribution < 1.29 is 4.74 Å². The first-order chi connectivity index (χ1) is 5.38. The first kappa shape index (κ1) is 9.20. The molecule has 1 aromatic carbocycles. The van der Waals surface area contributed by atoms with Gasteiger partial charge in [-0.25, -0.2) is 0 Å². The van der Waals surface area contributed by atoms with Crippen LogP contribution in [0, 0.1) is 0 Å². The largest absolute Gasteiger partial charge is 0.490 e. The van der Waals surface area contributed by atoms with Crippen molar-refractivity contribution in [2.24, 2.45) is 0 Å². The summed E-state index contributed by atoms with van der Waals surface area (Å²) in [7, 11) is 2.08. The van der Waals surface area contributed by atoms with Crippen molar-refractivity contribution in [1.29, 1.82) is 0 Å². The molecule has 0 N–H and O–H groups in total. The van der Waals surface area contributed by atoms with Gasteiger partial charge in [0.05, 0.1) is 12.2 Å². The van der Waals surface area contributed by atoms with Crippen LogP contribution in [0.2, 0.25) is 0 Å². The fourth-order valence-corrected chi connectivity index (χ4v) is 1.31. The lowest BCUT2D eigenvalue weighted by molar-refractivity contribution is 0.311. The molecular weight excluding hydrogens is 174 g/mol. The standard InChI is InChI=1S/C9H11NO.ClH/c1-10-6-7-11-9-5-3-2-4-8(9)10;/h2-5H,6-7H2,1H3;1H.